The summed E-state index contributed by atoms with van der Waals surface area (Å²) in [5.74, 6) is 2.02. The third-order valence-electron chi connectivity index (χ3n) is 8.57. The summed E-state index contributed by atoms with van der Waals surface area (Å²) in [7, 11) is 0. The molecule has 4 heteroatoms. The first-order chi connectivity index (χ1) is 15.6. The molecular weight excluding hydrogens is 406 g/mol. The lowest BCUT2D eigenvalue weighted by Gasteiger charge is -2.41. The van der Waals surface area contributed by atoms with E-state index in [4.69, 9.17) is 9.47 Å². The van der Waals surface area contributed by atoms with Crippen molar-refractivity contribution < 1.29 is 18.3 Å². The van der Waals surface area contributed by atoms with Gasteiger partial charge < -0.3 is 9.47 Å². The fraction of sp³-hybridized carbons (Fsp3) is 0.786. The van der Waals surface area contributed by atoms with Gasteiger partial charge in [0.05, 0.1) is 13.2 Å². The van der Waals surface area contributed by atoms with E-state index in [-0.39, 0.29) is 6.29 Å². The van der Waals surface area contributed by atoms with Crippen LogP contribution in [0.25, 0.3) is 0 Å². The van der Waals surface area contributed by atoms with Crippen LogP contribution in [0, 0.1) is 41.2 Å². The molecule has 0 atom stereocenters. The fourth-order valence-electron chi connectivity index (χ4n) is 6.33. The van der Waals surface area contributed by atoms with Crippen molar-refractivity contribution in [3.63, 3.8) is 0 Å². The van der Waals surface area contributed by atoms with Gasteiger partial charge in [-0.2, -0.15) is 0 Å². The maximum absolute atomic E-state index is 13.4. The number of aryl methyl sites for hydroxylation is 1. The van der Waals surface area contributed by atoms with E-state index >= 15 is 0 Å². The molecule has 0 N–H and O–H groups in total. The molecule has 180 valence electrons. The summed E-state index contributed by atoms with van der Waals surface area (Å²) in [6.45, 7) is 4.05. The van der Waals surface area contributed by atoms with Crippen molar-refractivity contribution in [2.24, 2.45) is 29.6 Å². The maximum atomic E-state index is 13.4. The maximum Gasteiger partial charge on any atom is 0.160 e. The Morgan fingerprint density at radius 1 is 0.750 bits per heavy atom. The Bertz CT molecular complexity index is 685. The zero-order valence-corrected chi connectivity index (χ0v) is 19.9. The highest BCUT2D eigenvalue weighted by atomic mass is 19.2. The minimum absolute atomic E-state index is 0.0145. The van der Waals surface area contributed by atoms with Crippen LogP contribution in [0.3, 0.4) is 0 Å². The second kappa shape index (κ2) is 11.9. The molecule has 4 rings (SSSR count). The lowest BCUT2D eigenvalue weighted by molar-refractivity contribution is -0.237. The van der Waals surface area contributed by atoms with Crippen LogP contribution in [0.5, 0.6) is 0 Å². The van der Waals surface area contributed by atoms with Gasteiger partial charge in [0, 0.05) is 11.8 Å². The second-order valence-corrected chi connectivity index (χ2v) is 10.8. The number of unbranched alkanes of at least 4 members (excludes halogenated alkanes) is 1. The number of hydrogen-bond donors (Lipinski definition) is 0. The Morgan fingerprint density at radius 2 is 1.38 bits per heavy atom. The predicted molar refractivity (Wildman–Crippen MR) is 124 cm³/mol. The quantitative estimate of drug-likeness (QED) is 0.406. The van der Waals surface area contributed by atoms with Crippen LogP contribution in [0.1, 0.15) is 89.5 Å². The molecule has 0 bridgehead atoms. The van der Waals surface area contributed by atoms with E-state index in [0.29, 0.717) is 17.8 Å². The van der Waals surface area contributed by atoms with Crippen LogP contribution in [-0.4, -0.2) is 19.5 Å². The summed E-state index contributed by atoms with van der Waals surface area (Å²) in [4.78, 5) is 0. The van der Waals surface area contributed by atoms with E-state index in [1.807, 2.05) is 0 Å². The molecule has 2 saturated carbocycles. The first kappa shape index (κ1) is 24.1. The topological polar surface area (TPSA) is 18.5 Å². The van der Waals surface area contributed by atoms with Gasteiger partial charge in [-0.25, -0.2) is 8.78 Å². The lowest BCUT2D eigenvalue weighted by atomic mass is 9.74. The largest absolute Gasteiger partial charge is 0.352 e. The SMILES string of the molecule is CCCCC1CCC(C2COC(C3CCC(CCc4ccc(F)c(F)c4)CC3)OC2)CC1. The van der Waals surface area contributed by atoms with E-state index in [1.54, 1.807) is 6.07 Å². The minimum atomic E-state index is -0.761. The molecule has 2 nitrogen and oxygen atoms in total. The first-order valence-electron chi connectivity index (χ1n) is 13.3. The van der Waals surface area contributed by atoms with Gasteiger partial charge in [-0.05, 0) is 86.8 Å². The van der Waals surface area contributed by atoms with E-state index in [0.717, 1.165) is 56.3 Å². The van der Waals surface area contributed by atoms with Gasteiger partial charge in [0.1, 0.15) is 0 Å². The van der Waals surface area contributed by atoms with Crippen molar-refractivity contribution in [1.29, 1.82) is 0 Å². The van der Waals surface area contributed by atoms with Gasteiger partial charge in [-0.15, -0.1) is 0 Å². The zero-order valence-electron chi connectivity index (χ0n) is 19.9. The van der Waals surface area contributed by atoms with Crippen molar-refractivity contribution >= 4 is 0 Å². The molecule has 0 amide bonds. The van der Waals surface area contributed by atoms with Crippen molar-refractivity contribution in [3.05, 3.63) is 35.4 Å². The average molecular weight is 449 g/mol. The molecular formula is C28H42F2O2. The molecule has 1 saturated heterocycles. The van der Waals surface area contributed by atoms with Crippen molar-refractivity contribution in [3.8, 4) is 0 Å². The molecule has 1 aliphatic heterocycles. The first-order valence-corrected chi connectivity index (χ1v) is 13.3. The standard InChI is InChI=1S/C28H42F2O2/c1-2-3-4-20-7-12-23(13-8-20)25-18-31-28(32-19-25)24-14-9-21(10-15-24)5-6-22-11-16-26(29)27(30)17-22/h11,16-17,20-21,23-25,28H,2-10,12-15,18-19H2,1H3. The summed E-state index contributed by atoms with van der Waals surface area (Å²) in [5, 5.41) is 0. The van der Waals surface area contributed by atoms with Crippen LogP contribution in [-0.2, 0) is 15.9 Å². The van der Waals surface area contributed by atoms with Gasteiger partial charge >= 0.3 is 0 Å². The summed E-state index contributed by atoms with van der Waals surface area (Å²) in [5.41, 5.74) is 0.899. The van der Waals surface area contributed by atoms with Crippen molar-refractivity contribution in [2.75, 3.05) is 13.2 Å². The molecule has 1 aromatic carbocycles. The van der Waals surface area contributed by atoms with Gasteiger partial charge in [-0.3, -0.25) is 0 Å². The number of rotatable bonds is 8. The number of benzene rings is 1. The van der Waals surface area contributed by atoms with E-state index in [9.17, 15) is 8.78 Å². The molecule has 1 heterocycles. The summed E-state index contributed by atoms with van der Waals surface area (Å²) in [6.07, 6.45) is 16.2. The van der Waals surface area contributed by atoms with Gasteiger partial charge in [0.15, 0.2) is 17.9 Å². The Labute approximate surface area is 193 Å². The summed E-state index contributed by atoms with van der Waals surface area (Å²) in [6, 6.07) is 4.30. The molecule has 0 radical (unpaired) electrons. The van der Waals surface area contributed by atoms with Crippen molar-refractivity contribution in [1.82, 2.24) is 0 Å². The molecule has 0 spiro atoms. The lowest BCUT2D eigenvalue weighted by Crippen LogP contribution is -2.41. The number of ether oxygens (including phenoxy) is 2. The third kappa shape index (κ3) is 6.53. The predicted octanol–water partition coefficient (Wildman–Crippen LogP) is 7.69. The highest BCUT2D eigenvalue weighted by Crippen LogP contribution is 2.40. The fourth-order valence-corrected chi connectivity index (χ4v) is 6.33. The molecule has 0 aromatic heterocycles. The van der Waals surface area contributed by atoms with E-state index < -0.39 is 11.6 Å². The Morgan fingerprint density at radius 3 is 2.00 bits per heavy atom. The summed E-state index contributed by atoms with van der Waals surface area (Å²) >= 11 is 0. The van der Waals surface area contributed by atoms with Crippen LogP contribution >= 0.6 is 0 Å². The Hall–Kier alpha value is -1.00. The zero-order chi connectivity index (χ0) is 22.3. The highest BCUT2D eigenvalue weighted by Gasteiger charge is 2.36. The molecule has 1 aromatic rings. The monoisotopic (exact) mass is 448 g/mol. The third-order valence-corrected chi connectivity index (χ3v) is 8.57. The average Bonchev–Trinajstić information content (AvgIpc) is 2.84. The molecule has 2 aliphatic carbocycles. The molecule has 0 unspecified atom stereocenters. The smallest absolute Gasteiger partial charge is 0.160 e. The molecule has 3 aliphatic rings. The van der Waals surface area contributed by atoms with Crippen molar-refractivity contribution in [2.45, 2.75) is 96.7 Å². The second-order valence-electron chi connectivity index (χ2n) is 10.8. The minimum Gasteiger partial charge on any atom is -0.352 e. The van der Waals surface area contributed by atoms with Crippen LogP contribution < -0.4 is 0 Å². The Kier molecular flexibility index (Phi) is 8.99. The van der Waals surface area contributed by atoms with E-state index in [1.165, 1.54) is 69.9 Å². The van der Waals surface area contributed by atoms with Gasteiger partial charge in [0.25, 0.3) is 0 Å². The van der Waals surface area contributed by atoms with E-state index in [2.05, 4.69) is 6.92 Å². The number of halogens is 2. The summed E-state index contributed by atoms with van der Waals surface area (Å²) < 4.78 is 39.0. The molecule has 32 heavy (non-hydrogen) atoms. The normalized spacial score (nSPS) is 33.8. The highest BCUT2D eigenvalue weighted by molar-refractivity contribution is 5.17. The van der Waals surface area contributed by atoms with Crippen LogP contribution in [0.2, 0.25) is 0 Å². The molecule has 3 fully saturated rings. The van der Waals surface area contributed by atoms with Gasteiger partial charge in [-0.1, -0.05) is 45.1 Å². The van der Waals surface area contributed by atoms with Gasteiger partial charge in [0.2, 0.25) is 0 Å². The Balaban J connectivity index is 1.13. The van der Waals surface area contributed by atoms with Crippen LogP contribution in [0.4, 0.5) is 8.78 Å². The number of hydrogen-bond acceptors (Lipinski definition) is 2. The van der Waals surface area contributed by atoms with Crippen LogP contribution in [0.15, 0.2) is 18.2 Å².